The molecule has 2 rings (SSSR count). The number of hydrogen-bond donors (Lipinski definition) is 1. The lowest BCUT2D eigenvalue weighted by molar-refractivity contribution is -0.430. The molecular formula is C13H13N3O3. The van der Waals surface area contributed by atoms with Crippen LogP contribution in [0.5, 0.6) is 0 Å². The highest BCUT2D eigenvalue weighted by Crippen LogP contribution is 2.17. The van der Waals surface area contributed by atoms with Crippen molar-refractivity contribution in [1.29, 1.82) is 0 Å². The zero-order valence-corrected chi connectivity index (χ0v) is 10.4. The molecule has 0 saturated carbocycles. The van der Waals surface area contributed by atoms with Crippen LogP contribution in [0.2, 0.25) is 0 Å². The number of nitrogens with zero attached hydrogens (tertiary/aromatic N) is 2. The molecule has 98 valence electrons. The molecule has 1 aliphatic heterocycles. The molecule has 0 saturated heterocycles. The van der Waals surface area contributed by atoms with E-state index in [9.17, 15) is 14.9 Å². The van der Waals surface area contributed by atoms with Gasteiger partial charge in [0.25, 0.3) is 5.70 Å². The van der Waals surface area contributed by atoms with Crippen molar-refractivity contribution in [3.05, 3.63) is 57.9 Å². The van der Waals surface area contributed by atoms with Gasteiger partial charge in [0.05, 0.1) is 11.1 Å². The number of aliphatic imine (C=N–C) groups is 1. The van der Waals surface area contributed by atoms with E-state index in [0.717, 1.165) is 5.56 Å². The van der Waals surface area contributed by atoms with Crippen molar-refractivity contribution in [2.45, 2.75) is 19.4 Å². The van der Waals surface area contributed by atoms with Gasteiger partial charge in [-0.15, -0.1) is 0 Å². The summed E-state index contributed by atoms with van der Waals surface area (Å²) in [5, 5.41) is 13.7. The Balaban J connectivity index is 2.30. The van der Waals surface area contributed by atoms with Gasteiger partial charge in [0.2, 0.25) is 0 Å². The van der Waals surface area contributed by atoms with Crippen LogP contribution in [0.3, 0.4) is 0 Å². The number of nitrogens with one attached hydrogen (secondary N) is 1. The second kappa shape index (κ2) is 5.43. The summed E-state index contributed by atoms with van der Waals surface area (Å²) in [6, 6.07) is 8.55. The van der Waals surface area contributed by atoms with Crippen LogP contribution < -0.4 is 5.32 Å². The number of carbonyl (C=O) groups excluding carboxylic acids is 1. The third-order valence-corrected chi connectivity index (χ3v) is 2.72. The van der Waals surface area contributed by atoms with Gasteiger partial charge in [-0.3, -0.25) is 19.9 Å². The molecule has 1 aliphatic rings. The number of Topliss-reactive ketones (excluding diaryl/α,β-unsaturated/α-hetero) is 1. The average Bonchev–Trinajstić information content (AvgIpc) is 2.38. The first-order valence-electron chi connectivity index (χ1n) is 5.81. The van der Waals surface area contributed by atoms with E-state index in [4.69, 9.17) is 0 Å². The first-order chi connectivity index (χ1) is 9.08. The fraction of sp³-hybridized carbons (Fsp3) is 0.231. The highest BCUT2D eigenvalue weighted by Gasteiger charge is 2.29. The molecule has 1 heterocycles. The number of amidine groups is 1. The zero-order chi connectivity index (χ0) is 13.8. The second-order valence-corrected chi connectivity index (χ2v) is 4.24. The maximum atomic E-state index is 11.2. The summed E-state index contributed by atoms with van der Waals surface area (Å²) in [5.74, 6) is 0.410. The van der Waals surface area contributed by atoms with Crippen molar-refractivity contribution in [1.82, 2.24) is 5.32 Å². The van der Waals surface area contributed by atoms with Gasteiger partial charge >= 0.3 is 0 Å². The topological polar surface area (TPSA) is 84.6 Å². The first kappa shape index (κ1) is 12.9. The van der Waals surface area contributed by atoms with Crippen molar-refractivity contribution in [3.63, 3.8) is 0 Å². The lowest BCUT2D eigenvalue weighted by Crippen LogP contribution is -2.32. The minimum Gasteiger partial charge on any atom is -0.341 e. The van der Waals surface area contributed by atoms with Crippen LogP contribution in [0.25, 0.3) is 0 Å². The molecule has 1 unspecified atom stereocenters. The van der Waals surface area contributed by atoms with Gasteiger partial charge in [0.15, 0.2) is 6.04 Å². The molecule has 1 atom stereocenters. The third kappa shape index (κ3) is 3.04. The van der Waals surface area contributed by atoms with Gasteiger partial charge in [-0.1, -0.05) is 30.3 Å². The summed E-state index contributed by atoms with van der Waals surface area (Å²) in [6.07, 6.45) is 1.34. The molecule has 0 radical (unpaired) electrons. The number of ketones is 1. The Morgan fingerprint density at radius 3 is 2.68 bits per heavy atom. The summed E-state index contributed by atoms with van der Waals surface area (Å²) in [7, 11) is 0. The predicted octanol–water partition coefficient (Wildman–Crippen LogP) is 1.50. The van der Waals surface area contributed by atoms with Crippen LogP contribution in [-0.4, -0.2) is 22.6 Å². The maximum Gasteiger partial charge on any atom is 0.286 e. The van der Waals surface area contributed by atoms with E-state index in [1.807, 2.05) is 30.3 Å². The minimum absolute atomic E-state index is 0.0326. The highest BCUT2D eigenvalue weighted by atomic mass is 16.6. The number of rotatable bonds is 4. The smallest absolute Gasteiger partial charge is 0.286 e. The van der Waals surface area contributed by atoms with Crippen molar-refractivity contribution in [3.8, 4) is 0 Å². The number of hydrogen-bond acceptors (Lipinski definition) is 5. The summed E-state index contributed by atoms with van der Waals surface area (Å²) < 4.78 is 0. The van der Waals surface area contributed by atoms with E-state index in [2.05, 4.69) is 10.3 Å². The largest absolute Gasteiger partial charge is 0.341 e. The van der Waals surface area contributed by atoms with E-state index in [1.54, 1.807) is 0 Å². The lowest BCUT2D eigenvalue weighted by Gasteiger charge is -2.17. The molecule has 1 aromatic rings. The maximum absolute atomic E-state index is 11.2. The van der Waals surface area contributed by atoms with Crippen molar-refractivity contribution in [2.75, 3.05) is 0 Å². The van der Waals surface area contributed by atoms with Gasteiger partial charge in [-0.25, -0.2) is 0 Å². The summed E-state index contributed by atoms with van der Waals surface area (Å²) in [5.41, 5.74) is 0.740. The number of nitro groups is 1. The van der Waals surface area contributed by atoms with Crippen molar-refractivity contribution >= 4 is 11.6 Å². The van der Waals surface area contributed by atoms with E-state index >= 15 is 0 Å². The quantitative estimate of drug-likeness (QED) is 0.656. The SMILES string of the molecule is CC(=O)CC1N=C(c2ccccc2)NC=C1[N+](=O)[O-]. The first-order valence-corrected chi connectivity index (χ1v) is 5.81. The molecule has 0 spiro atoms. The van der Waals surface area contributed by atoms with Gasteiger partial charge in [0.1, 0.15) is 11.6 Å². The van der Waals surface area contributed by atoms with Gasteiger partial charge < -0.3 is 5.32 Å². The van der Waals surface area contributed by atoms with Crippen LogP contribution in [0.15, 0.2) is 47.2 Å². The van der Waals surface area contributed by atoms with E-state index in [0.29, 0.717) is 5.84 Å². The van der Waals surface area contributed by atoms with Crippen LogP contribution in [0, 0.1) is 10.1 Å². The fourth-order valence-electron chi connectivity index (χ4n) is 1.85. The Kier molecular flexibility index (Phi) is 3.70. The molecular weight excluding hydrogens is 246 g/mol. The van der Waals surface area contributed by atoms with Crippen LogP contribution >= 0.6 is 0 Å². The van der Waals surface area contributed by atoms with Crippen LogP contribution in [0.4, 0.5) is 0 Å². The molecule has 6 nitrogen and oxygen atoms in total. The molecule has 19 heavy (non-hydrogen) atoms. The number of carbonyl (C=O) groups is 1. The highest BCUT2D eigenvalue weighted by molar-refractivity contribution is 6.00. The van der Waals surface area contributed by atoms with Crippen molar-refractivity contribution in [2.24, 2.45) is 4.99 Å². The summed E-state index contributed by atoms with van der Waals surface area (Å²) in [6.45, 7) is 1.40. The number of benzene rings is 1. The monoisotopic (exact) mass is 259 g/mol. The second-order valence-electron chi connectivity index (χ2n) is 4.24. The van der Waals surface area contributed by atoms with E-state index in [-0.39, 0.29) is 17.9 Å². The molecule has 1 aromatic carbocycles. The van der Waals surface area contributed by atoms with E-state index < -0.39 is 11.0 Å². The Labute approximate surface area is 110 Å². The predicted molar refractivity (Wildman–Crippen MR) is 70.3 cm³/mol. The molecule has 0 aromatic heterocycles. The third-order valence-electron chi connectivity index (χ3n) is 2.72. The lowest BCUT2D eigenvalue weighted by atomic mass is 10.1. The Hall–Kier alpha value is -2.50. The average molecular weight is 259 g/mol. The fourth-order valence-corrected chi connectivity index (χ4v) is 1.85. The van der Waals surface area contributed by atoms with E-state index in [1.165, 1.54) is 13.1 Å². The van der Waals surface area contributed by atoms with Crippen LogP contribution in [0.1, 0.15) is 18.9 Å². The molecule has 0 fully saturated rings. The Morgan fingerprint density at radius 1 is 1.42 bits per heavy atom. The van der Waals surface area contributed by atoms with Crippen LogP contribution in [-0.2, 0) is 4.79 Å². The normalized spacial score (nSPS) is 18.1. The summed E-state index contributed by atoms with van der Waals surface area (Å²) >= 11 is 0. The molecule has 0 amide bonds. The summed E-state index contributed by atoms with van der Waals surface area (Å²) in [4.78, 5) is 25.9. The van der Waals surface area contributed by atoms with Crippen molar-refractivity contribution < 1.29 is 9.72 Å². The molecule has 1 N–H and O–H groups in total. The minimum atomic E-state index is -0.732. The van der Waals surface area contributed by atoms with Gasteiger partial charge in [-0.2, -0.15) is 0 Å². The Bertz CT molecular complexity index is 564. The standard InChI is InChI=1S/C13H13N3O3/c1-9(17)7-11-12(16(18)19)8-14-13(15-11)10-5-3-2-4-6-10/h2-6,8,11H,7H2,1H3,(H,14,15). The Morgan fingerprint density at radius 2 is 2.11 bits per heavy atom. The van der Waals surface area contributed by atoms with Gasteiger partial charge in [-0.05, 0) is 6.92 Å². The van der Waals surface area contributed by atoms with Gasteiger partial charge in [0, 0.05) is 12.0 Å². The zero-order valence-electron chi connectivity index (χ0n) is 10.4. The molecule has 0 aliphatic carbocycles. The molecule has 0 bridgehead atoms. The molecule has 6 heteroatoms.